The molecule has 8 N–H and O–H groups in total. The van der Waals surface area contributed by atoms with Gasteiger partial charge in [0.15, 0.2) is 0 Å². The Balaban J connectivity index is 0.000000204. The molecule has 0 spiro atoms. The number of piperidine rings is 3. The summed E-state index contributed by atoms with van der Waals surface area (Å²) >= 11 is 19.0. The first-order valence-corrected chi connectivity index (χ1v) is 42.7. The van der Waals surface area contributed by atoms with E-state index in [1.807, 2.05) is 127 Å². The van der Waals surface area contributed by atoms with E-state index < -0.39 is 57.8 Å². The molecule has 3 atom stereocenters. The first kappa shape index (κ1) is 85.5. The molecule has 3 aliphatic rings. The van der Waals surface area contributed by atoms with Crippen LogP contribution in [0.2, 0.25) is 15.1 Å². The minimum absolute atomic E-state index is 0.0242. The van der Waals surface area contributed by atoms with E-state index in [9.17, 15) is 48.1 Å². The number of primary sulfonamides is 4. The lowest BCUT2D eigenvalue weighted by Gasteiger charge is -2.34. The normalized spacial score (nSPS) is 15.8. The van der Waals surface area contributed by atoms with Gasteiger partial charge in [0.05, 0.1) is 39.5 Å². The molecule has 3 aliphatic heterocycles. The number of aryl methyl sites for hydroxylation is 8. The summed E-state index contributed by atoms with van der Waals surface area (Å²) in [5.74, 6) is 0.295. The van der Waals surface area contributed by atoms with E-state index in [0.29, 0.717) is 120 Å². The second-order valence-corrected chi connectivity index (χ2v) is 35.7. The Labute approximate surface area is 637 Å². The monoisotopic (exact) mass is 1570 g/mol. The fourth-order valence-electron chi connectivity index (χ4n) is 14.1. The number of carbonyl (C=O) groups is 3. The highest BCUT2D eigenvalue weighted by atomic mass is 35.5. The Morgan fingerprint density at radius 3 is 1.14 bits per heavy atom. The summed E-state index contributed by atoms with van der Waals surface area (Å²) in [4.78, 5) is 46.8. The molecule has 0 aliphatic carbocycles. The van der Waals surface area contributed by atoms with Crippen LogP contribution in [0.1, 0.15) is 163 Å². The first-order chi connectivity index (χ1) is 49.3. The van der Waals surface area contributed by atoms with E-state index >= 15 is 0 Å². The maximum Gasteiger partial charge on any atom is 0.241 e. The van der Waals surface area contributed by atoms with Gasteiger partial charge in [0, 0.05) is 59.9 Å². The van der Waals surface area contributed by atoms with Crippen LogP contribution in [-0.2, 0) is 73.7 Å². The number of sulfonamides is 4. The van der Waals surface area contributed by atoms with Gasteiger partial charge in [-0.15, -0.1) is 0 Å². The molecule has 19 nitrogen and oxygen atoms in total. The molecule has 0 saturated carbocycles. The molecule has 3 unspecified atom stereocenters. The van der Waals surface area contributed by atoms with Crippen LogP contribution in [0.5, 0.6) is 5.75 Å². The zero-order chi connectivity index (χ0) is 77.5. The summed E-state index contributed by atoms with van der Waals surface area (Å²) in [5.41, 5.74) is 9.26. The summed E-state index contributed by atoms with van der Waals surface area (Å²) in [6.45, 7) is 21.7. The van der Waals surface area contributed by atoms with Gasteiger partial charge < -0.3 is 19.4 Å². The number of para-hydroxylation sites is 1. The molecular formula is C79H102Cl3N7O12S4. The van der Waals surface area contributed by atoms with E-state index in [1.165, 1.54) is 19.2 Å². The van der Waals surface area contributed by atoms with Gasteiger partial charge in [-0.05, 0) is 234 Å². The van der Waals surface area contributed by atoms with Crippen LogP contribution in [0, 0.1) is 59.3 Å². The van der Waals surface area contributed by atoms with Crippen molar-refractivity contribution < 1.29 is 52.8 Å². The van der Waals surface area contributed by atoms with Crippen LogP contribution in [0.3, 0.4) is 0 Å². The van der Waals surface area contributed by atoms with Crippen molar-refractivity contribution >= 4 is 92.6 Å². The van der Waals surface area contributed by atoms with E-state index in [0.717, 1.165) is 96.1 Å². The molecule has 7 aromatic carbocycles. The van der Waals surface area contributed by atoms with Crippen molar-refractivity contribution in [2.45, 2.75) is 177 Å². The van der Waals surface area contributed by atoms with Gasteiger partial charge >= 0.3 is 0 Å². The van der Waals surface area contributed by atoms with Crippen molar-refractivity contribution in [3.63, 3.8) is 0 Å². The Bertz CT molecular complexity index is 4690. The molecular weight excluding hydrogens is 1470 g/mol. The summed E-state index contributed by atoms with van der Waals surface area (Å²) in [6, 6.07) is 39.5. The molecule has 0 aromatic heterocycles. The van der Waals surface area contributed by atoms with Gasteiger partial charge in [-0.2, -0.15) is 0 Å². The fourth-order valence-corrected chi connectivity index (χ4v) is 18.1. The number of nitrogens with two attached hydrogens (primary N) is 4. The highest BCUT2D eigenvalue weighted by Crippen LogP contribution is 2.40. The largest absolute Gasteiger partial charge is 0.495 e. The quantitative estimate of drug-likeness (QED) is 0.0554. The molecule has 570 valence electrons. The number of benzene rings is 7. The number of halogens is 3. The molecule has 10 rings (SSSR count). The maximum absolute atomic E-state index is 13.7. The second-order valence-electron chi connectivity index (χ2n) is 28.4. The van der Waals surface area contributed by atoms with Crippen molar-refractivity contribution in [1.82, 2.24) is 14.7 Å². The summed E-state index contributed by atoms with van der Waals surface area (Å²) in [5, 5.41) is 23.4. The van der Waals surface area contributed by atoms with Crippen molar-refractivity contribution in [3.8, 4) is 5.75 Å². The number of hydrogen-bond acceptors (Lipinski definition) is 12. The van der Waals surface area contributed by atoms with Gasteiger partial charge in [-0.25, -0.2) is 54.2 Å². The van der Waals surface area contributed by atoms with Crippen molar-refractivity contribution in [3.05, 3.63) is 215 Å². The smallest absolute Gasteiger partial charge is 0.241 e. The number of methoxy groups -OCH3 is 1. The third-order valence-corrected chi connectivity index (χ3v) is 25.2. The van der Waals surface area contributed by atoms with E-state index in [-0.39, 0.29) is 43.1 Å². The molecule has 0 bridgehead atoms. The van der Waals surface area contributed by atoms with Gasteiger partial charge in [0.25, 0.3) is 0 Å². The predicted octanol–water partition coefficient (Wildman–Crippen LogP) is 14.1. The second kappa shape index (κ2) is 37.9. The number of amides is 3. The maximum atomic E-state index is 13.7. The van der Waals surface area contributed by atoms with Gasteiger partial charge in [0.1, 0.15) is 10.6 Å². The molecule has 3 amide bonds. The summed E-state index contributed by atoms with van der Waals surface area (Å²) in [7, 11) is -14.0. The lowest BCUT2D eigenvalue weighted by Crippen LogP contribution is -2.41. The van der Waals surface area contributed by atoms with E-state index in [2.05, 4.69) is 20.8 Å². The zero-order valence-electron chi connectivity index (χ0n) is 61.7. The Kier molecular flexibility index (Phi) is 30.8. The highest BCUT2D eigenvalue weighted by molar-refractivity contribution is 7.90. The van der Waals surface area contributed by atoms with Crippen LogP contribution >= 0.6 is 34.8 Å². The number of hydrogen-bond donors (Lipinski definition) is 4. The van der Waals surface area contributed by atoms with Gasteiger partial charge in [0.2, 0.25) is 57.8 Å². The molecule has 3 heterocycles. The molecule has 0 radical (unpaired) electrons. The predicted molar refractivity (Wildman–Crippen MR) is 419 cm³/mol. The van der Waals surface area contributed by atoms with Gasteiger partial charge in [-0.3, -0.25) is 14.4 Å². The first-order valence-electron chi connectivity index (χ1n) is 35.4. The number of ether oxygens (including phenoxy) is 1. The Hall–Kier alpha value is -6.74. The van der Waals surface area contributed by atoms with Crippen LogP contribution in [0.25, 0.3) is 0 Å². The molecule has 3 saturated heterocycles. The minimum Gasteiger partial charge on any atom is -0.495 e. The van der Waals surface area contributed by atoms with Crippen molar-refractivity contribution in [2.75, 3.05) is 46.4 Å². The molecule has 7 aromatic rings. The zero-order valence-corrected chi connectivity index (χ0v) is 67.2. The third-order valence-electron chi connectivity index (χ3n) is 20.1. The van der Waals surface area contributed by atoms with Crippen LogP contribution < -0.4 is 25.3 Å². The minimum atomic E-state index is -4.00. The van der Waals surface area contributed by atoms with Crippen molar-refractivity contribution in [1.29, 1.82) is 0 Å². The highest BCUT2D eigenvalue weighted by Gasteiger charge is 2.36. The van der Waals surface area contributed by atoms with Crippen molar-refractivity contribution in [2.24, 2.45) is 38.3 Å². The van der Waals surface area contributed by atoms with E-state index in [1.54, 1.807) is 50.2 Å². The molecule has 3 fully saturated rings. The number of likely N-dealkylation sites (tertiary alicyclic amines) is 3. The van der Waals surface area contributed by atoms with Gasteiger partial charge in [-0.1, -0.05) is 152 Å². The Morgan fingerprint density at radius 1 is 0.410 bits per heavy atom. The molecule has 105 heavy (non-hydrogen) atoms. The topological polar surface area (TPSA) is 311 Å². The van der Waals surface area contributed by atoms with E-state index in [4.69, 9.17) is 60.1 Å². The standard InChI is InChI=1S/2C24H31ClN2O3S.C23H29ClN2O4S.C8H11NO2S/c1-16-10-12-27(13-11-16)24(28)20(9-8-19-6-4-5-7-22(19)25)21-14-17(2)15-23(18(21)3)31(26,29)30;1-16-10-12-27(13-11-16)24(28)20(9-8-19-6-4-5-7-21(19)25)23-18(3)14-17(2)15-22(23)31(26,29)30;1-16-12-14-26(15-13-16)23(27)19(11-10-17-6-3-4-8-20(17)24)18-7-5-9-21(22(18)30-2)31(25,28)29;1-6-3-4-8(7(2)5-6)12(9,10)11/h2*4-7,14-16,20H,8-13H2,1-3H3,(H2,26,29,30);3-9,16,19H,10-15H2,1-2H3,(H2,25,28,29);3-5H,1-2H3,(H2,9,10,11). The average Bonchev–Trinajstić information content (AvgIpc) is 0.804. The molecule has 26 heteroatoms. The number of rotatable bonds is 20. The lowest BCUT2D eigenvalue weighted by atomic mass is 9.86. The summed E-state index contributed by atoms with van der Waals surface area (Å²) < 4.78 is 101. The number of carbonyl (C=O) groups excluding carboxylic acids is 3. The lowest BCUT2D eigenvalue weighted by molar-refractivity contribution is -0.135. The SMILES string of the molecule is COc1c(C(CCc2ccccc2Cl)C(=O)N2CCC(C)CC2)cccc1S(N)(=O)=O.Cc1cc(C(CCc2ccccc2Cl)C(=O)N2CCC(C)CC2)c(C)c(S(N)(=O)=O)c1.Cc1cc(C)c(C(CCc2ccccc2Cl)C(=O)N2CCC(C)CC2)c(S(N)(=O)=O)c1.Cc1ccc(S(N)(=O)=O)c(C)c1. The van der Waals surface area contributed by atoms with Crippen LogP contribution in [0.15, 0.2) is 153 Å². The third kappa shape index (κ3) is 23.9. The van der Waals surface area contributed by atoms with Crippen LogP contribution in [-0.4, -0.2) is 112 Å². The average molecular weight is 1580 g/mol. The summed E-state index contributed by atoms with van der Waals surface area (Å²) in [6.07, 6.45) is 9.03. The fraction of sp³-hybridized carbons (Fsp3) is 0.430. The number of nitrogens with zero attached hydrogens (tertiary/aromatic N) is 3. The Morgan fingerprint density at radius 2 is 0.762 bits per heavy atom. The van der Waals surface area contributed by atoms with Crippen LogP contribution in [0.4, 0.5) is 0 Å².